The Hall–Kier alpha value is -5.91. The molecule has 8 heterocycles. The molecule has 2 aliphatic rings. The Morgan fingerprint density at radius 1 is 0.569 bits per heavy atom. The number of hydrogen-bond acceptors (Lipinski definition) is 5. The van der Waals surface area contributed by atoms with Crippen molar-refractivity contribution >= 4 is 62.0 Å². The summed E-state index contributed by atoms with van der Waals surface area (Å²) in [5, 5.41) is 0. The number of hydrogen-bond donors (Lipinski definition) is 0. The molecule has 0 fully saturated rings. The second-order valence-electron chi connectivity index (χ2n) is 11.4. The normalized spacial score (nSPS) is 12.1. The van der Waals surface area contributed by atoms with Crippen molar-refractivity contribution < 1.29 is 15.4 Å². The van der Waals surface area contributed by atoms with Crippen LogP contribution in [0, 0.1) is 0 Å². The number of fused-ring (bicyclic) bond motifs is 8. The van der Waals surface area contributed by atoms with Crippen molar-refractivity contribution in [3.63, 3.8) is 0 Å². The van der Waals surface area contributed by atoms with Crippen molar-refractivity contribution in [2.24, 2.45) is 0 Å². The van der Waals surface area contributed by atoms with Gasteiger partial charge in [-0.15, -0.1) is 22.1 Å². The molecule has 2 aliphatic heterocycles. The summed E-state index contributed by atoms with van der Waals surface area (Å²) in [6, 6.07) is 20.1. The SMILES string of the molecule is C=C/C=C(\C=C/C)c1c2nc(c(-c3ccncc3)c3ccc([n-]3)c(-c3ccncc3)c3nc(c(-c4ccncc4)c4ccc1[n-]4)C=C3)C=C2.[Cl][Cr+2]. The van der Waals surface area contributed by atoms with Gasteiger partial charge in [-0.2, -0.15) is 0 Å². The van der Waals surface area contributed by atoms with Crippen LogP contribution in [0.15, 0.2) is 129 Å². The fourth-order valence-electron chi connectivity index (χ4n) is 6.35. The molecule has 0 unspecified atom stereocenters. The van der Waals surface area contributed by atoms with Crippen molar-refractivity contribution in [1.29, 1.82) is 0 Å². The van der Waals surface area contributed by atoms with Crippen molar-refractivity contribution in [3.05, 3.63) is 157 Å². The van der Waals surface area contributed by atoms with Crippen LogP contribution in [0.2, 0.25) is 0 Å². The Bertz CT molecular complexity index is 2480. The average molecular weight is 719 g/mol. The zero-order valence-corrected chi connectivity index (χ0v) is 29.5. The maximum absolute atomic E-state index is 5.27. The van der Waals surface area contributed by atoms with Crippen LogP contribution in [-0.4, -0.2) is 24.9 Å². The summed E-state index contributed by atoms with van der Waals surface area (Å²) in [6.07, 6.45) is 26.8. The molecule has 7 nitrogen and oxygen atoms in total. The molecule has 0 saturated heterocycles. The first-order chi connectivity index (χ1) is 25.2. The second-order valence-corrected chi connectivity index (χ2v) is 11.4. The van der Waals surface area contributed by atoms with Crippen LogP contribution < -0.4 is 9.97 Å². The van der Waals surface area contributed by atoms with Crippen molar-refractivity contribution in [1.82, 2.24) is 34.9 Å². The number of allylic oxidation sites excluding steroid dienone is 5. The van der Waals surface area contributed by atoms with Gasteiger partial charge in [-0.05, 0) is 112 Å². The summed E-state index contributed by atoms with van der Waals surface area (Å²) in [6.45, 7) is 6.00. The van der Waals surface area contributed by atoms with Crippen LogP contribution in [0.3, 0.4) is 0 Å². The van der Waals surface area contributed by atoms with Crippen LogP contribution in [0.4, 0.5) is 0 Å². The van der Waals surface area contributed by atoms with E-state index in [9.17, 15) is 0 Å². The van der Waals surface area contributed by atoms with E-state index < -0.39 is 0 Å². The average Bonchev–Trinajstić information content (AvgIpc) is 4.02. The van der Waals surface area contributed by atoms with Crippen molar-refractivity contribution in [3.8, 4) is 33.4 Å². The predicted octanol–water partition coefficient (Wildman–Crippen LogP) is 9.93. The van der Waals surface area contributed by atoms with E-state index in [2.05, 4.69) is 102 Å². The third-order valence-electron chi connectivity index (χ3n) is 8.45. The third-order valence-corrected chi connectivity index (χ3v) is 8.45. The first-order valence-electron chi connectivity index (χ1n) is 16.1. The van der Waals surface area contributed by atoms with Gasteiger partial charge in [0.15, 0.2) is 0 Å². The Morgan fingerprint density at radius 3 is 1.35 bits per heavy atom. The molecule has 6 aromatic rings. The summed E-state index contributed by atoms with van der Waals surface area (Å²) in [4.78, 5) is 33.9. The number of rotatable bonds is 6. The first kappa shape index (κ1) is 33.6. The maximum atomic E-state index is 5.27. The summed E-state index contributed by atoms with van der Waals surface area (Å²) in [5.74, 6) is 0. The zero-order valence-electron chi connectivity index (χ0n) is 27.5. The summed E-state index contributed by atoms with van der Waals surface area (Å²) in [7, 11) is 4.51. The van der Waals surface area contributed by atoms with Gasteiger partial charge in [-0.3, -0.25) is 15.0 Å². The minimum atomic E-state index is 0.791. The third kappa shape index (κ3) is 6.69. The minimum absolute atomic E-state index is 0.791. The molecule has 0 aromatic carbocycles. The van der Waals surface area contributed by atoms with Gasteiger partial charge in [0, 0.05) is 37.2 Å². The zero-order chi connectivity index (χ0) is 35.2. The van der Waals surface area contributed by atoms with Crippen LogP contribution in [0.25, 0.3) is 85.3 Å². The first-order valence-corrected chi connectivity index (χ1v) is 17.9. The monoisotopic (exact) mass is 718 g/mol. The predicted molar refractivity (Wildman–Crippen MR) is 205 cm³/mol. The van der Waals surface area contributed by atoms with Gasteiger partial charge < -0.3 is 9.97 Å². The molecule has 0 radical (unpaired) electrons. The van der Waals surface area contributed by atoms with Crippen molar-refractivity contribution in [2.45, 2.75) is 6.92 Å². The summed E-state index contributed by atoms with van der Waals surface area (Å²) < 4.78 is 0. The topological polar surface area (TPSA) is 92.7 Å². The summed E-state index contributed by atoms with van der Waals surface area (Å²) in [5.41, 5.74) is 13.8. The van der Waals surface area contributed by atoms with Gasteiger partial charge in [-0.1, -0.05) is 55.1 Å². The Morgan fingerprint density at radius 2 is 0.941 bits per heavy atom. The van der Waals surface area contributed by atoms with E-state index in [0.717, 1.165) is 89.4 Å². The molecule has 0 amide bonds. The van der Waals surface area contributed by atoms with Crippen LogP contribution >= 0.6 is 10.0 Å². The van der Waals surface area contributed by atoms with Crippen LogP contribution in [0.5, 0.6) is 0 Å². The number of pyridine rings is 3. The summed E-state index contributed by atoms with van der Waals surface area (Å²) >= 11 is 2.10. The Labute approximate surface area is 308 Å². The molecule has 8 rings (SSSR count). The van der Waals surface area contributed by atoms with Crippen LogP contribution in [-0.2, 0) is 15.4 Å². The van der Waals surface area contributed by atoms with Gasteiger partial charge >= 0.3 is 25.4 Å². The molecule has 0 spiro atoms. The van der Waals surface area contributed by atoms with Crippen molar-refractivity contribution in [2.75, 3.05) is 0 Å². The fourth-order valence-corrected chi connectivity index (χ4v) is 6.35. The van der Waals surface area contributed by atoms with E-state index in [1.54, 1.807) is 43.3 Å². The van der Waals surface area contributed by atoms with Gasteiger partial charge in [0.2, 0.25) is 0 Å². The van der Waals surface area contributed by atoms with Gasteiger partial charge in [0.1, 0.15) is 0 Å². The molecule has 245 valence electrons. The van der Waals surface area contributed by atoms with E-state index in [0.29, 0.717) is 0 Å². The molecule has 51 heavy (non-hydrogen) atoms. The molecule has 0 saturated carbocycles. The van der Waals surface area contributed by atoms with E-state index >= 15 is 0 Å². The molecule has 8 bridgehead atoms. The van der Waals surface area contributed by atoms with Gasteiger partial charge in [-0.25, -0.2) is 9.97 Å². The van der Waals surface area contributed by atoms with Crippen LogP contribution in [0.1, 0.15) is 35.3 Å². The molecular formula is C42H29ClCrN7. The molecule has 6 aromatic heterocycles. The van der Waals surface area contributed by atoms with E-state index in [1.165, 1.54) is 0 Å². The van der Waals surface area contributed by atoms with E-state index in [4.69, 9.17) is 19.9 Å². The molecule has 9 heteroatoms. The molecular weight excluding hydrogens is 690 g/mol. The molecule has 0 N–H and O–H groups in total. The Kier molecular flexibility index (Phi) is 10.1. The van der Waals surface area contributed by atoms with E-state index in [-0.39, 0.29) is 0 Å². The quantitative estimate of drug-likeness (QED) is 0.158. The number of aromatic nitrogens is 7. The van der Waals surface area contributed by atoms with E-state index in [1.807, 2.05) is 55.5 Å². The fraction of sp³-hybridized carbons (Fsp3) is 0.0238. The van der Waals surface area contributed by atoms with Gasteiger partial charge in [0.05, 0.1) is 22.8 Å². The number of nitrogens with zero attached hydrogens (tertiary/aromatic N) is 7. The molecule has 0 atom stereocenters. The van der Waals surface area contributed by atoms with Gasteiger partial charge in [0.25, 0.3) is 0 Å². The molecule has 0 aliphatic carbocycles. The second kappa shape index (κ2) is 15.3. The number of halogens is 1. The standard InChI is InChI=1S/C42H29N7.ClH.Cr/c1-3-5-27(6-4-2)39-31-7-9-33(46-31)40(28-15-21-43-22-16-28)35-11-13-37(48-35)42(30-19-25-45-26-20-30)38-14-12-36(49-38)41(29-17-23-44-24-18-29)34-10-8-32(39)47-34;;/h3-26H,1H2,2H3;1H;/q-2;;+3/p-1/b6-4-,27-5+,39-31?,39-32?,40-33?,40-35?,41-34?,41-36?,42-37?,42-38?;;. The Balaban J connectivity index is 0.00000200.